The van der Waals surface area contributed by atoms with Crippen molar-refractivity contribution in [2.24, 2.45) is 5.92 Å². The molecule has 1 saturated carbocycles. The van der Waals surface area contributed by atoms with E-state index in [1.54, 1.807) is 12.1 Å². The average molecular weight is 489 g/mol. The number of hydrogen-bond donors (Lipinski definition) is 1. The number of carbonyl (C=O) groups is 1. The molecule has 34 heavy (non-hydrogen) atoms. The van der Waals surface area contributed by atoms with Gasteiger partial charge in [-0.25, -0.2) is 8.42 Å². The molecule has 0 spiro atoms. The lowest BCUT2D eigenvalue weighted by Gasteiger charge is -2.32. The van der Waals surface area contributed by atoms with E-state index in [2.05, 4.69) is 28.8 Å². The number of amides is 1. The van der Waals surface area contributed by atoms with E-state index < -0.39 is 10.0 Å². The molecule has 2 aliphatic rings. The normalized spacial score (nSPS) is 20.7. The van der Waals surface area contributed by atoms with Crippen molar-refractivity contribution < 1.29 is 13.2 Å². The number of hydrogen-bond acceptors (Lipinski definition) is 4. The Balaban J connectivity index is 1.30. The van der Waals surface area contributed by atoms with E-state index in [9.17, 15) is 13.2 Å². The highest BCUT2D eigenvalue weighted by Crippen LogP contribution is 2.27. The van der Waals surface area contributed by atoms with E-state index in [4.69, 9.17) is 0 Å². The SMILES string of the molecule is CCn1ccc2cc(S(=O)(=O)N3CCCC(C(=O)NCCCN(C)C4CCCCC4)C3)ccc21. The monoisotopic (exact) mass is 488 g/mol. The van der Waals surface area contributed by atoms with Gasteiger partial charge < -0.3 is 14.8 Å². The van der Waals surface area contributed by atoms with Crippen LogP contribution in [0.25, 0.3) is 10.9 Å². The topological polar surface area (TPSA) is 74.6 Å². The second-order valence-corrected chi connectivity index (χ2v) is 11.9. The van der Waals surface area contributed by atoms with Crippen molar-refractivity contribution >= 4 is 26.8 Å². The number of nitrogens with one attached hydrogen (secondary N) is 1. The number of carbonyl (C=O) groups excluding carboxylic acids is 1. The molecule has 8 heteroatoms. The Morgan fingerprint density at radius 2 is 1.91 bits per heavy atom. The van der Waals surface area contributed by atoms with Gasteiger partial charge in [-0.05, 0) is 76.9 Å². The molecule has 1 saturated heterocycles. The van der Waals surface area contributed by atoms with E-state index >= 15 is 0 Å². The summed E-state index contributed by atoms with van der Waals surface area (Å²) in [6.07, 6.45) is 10.9. The maximum absolute atomic E-state index is 13.3. The molecule has 0 radical (unpaired) electrons. The van der Waals surface area contributed by atoms with Crippen LogP contribution in [0, 0.1) is 5.92 Å². The first-order valence-electron chi connectivity index (χ1n) is 13.0. The van der Waals surface area contributed by atoms with E-state index in [1.165, 1.54) is 36.4 Å². The Morgan fingerprint density at radius 1 is 1.12 bits per heavy atom. The fourth-order valence-corrected chi connectivity index (χ4v) is 7.09. The van der Waals surface area contributed by atoms with Gasteiger partial charge in [-0.1, -0.05) is 19.3 Å². The second kappa shape index (κ2) is 11.2. The molecular formula is C26H40N4O3S. The number of benzene rings is 1. The number of piperidine rings is 1. The standard InChI is InChI=1S/C26H40N4O3S/c1-3-29-18-14-21-19-24(12-13-25(21)29)34(32,33)30-17-7-9-22(20-30)26(31)27-15-8-16-28(2)23-10-5-4-6-11-23/h12-14,18-19,22-23H,3-11,15-17,20H2,1-2H3,(H,27,31). The third-order valence-corrected chi connectivity index (χ3v) is 9.52. The van der Waals surface area contributed by atoms with Gasteiger partial charge in [0.15, 0.2) is 0 Å². The third kappa shape index (κ3) is 5.66. The van der Waals surface area contributed by atoms with Crippen LogP contribution in [0.4, 0.5) is 0 Å². The zero-order valence-electron chi connectivity index (χ0n) is 20.7. The summed E-state index contributed by atoms with van der Waals surface area (Å²) in [5.41, 5.74) is 1.03. The van der Waals surface area contributed by atoms with Crippen molar-refractivity contribution in [1.29, 1.82) is 0 Å². The lowest BCUT2D eigenvalue weighted by molar-refractivity contribution is -0.126. The van der Waals surface area contributed by atoms with E-state index in [0.29, 0.717) is 30.4 Å². The lowest BCUT2D eigenvalue weighted by Crippen LogP contribution is -2.45. The summed E-state index contributed by atoms with van der Waals surface area (Å²) >= 11 is 0. The van der Waals surface area contributed by atoms with Gasteiger partial charge in [0.2, 0.25) is 15.9 Å². The first kappa shape index (κ1) is 25.2. The number of sulfonamides is 1. The Kier molecular flexibility index (Phi) is 8.32. The molecule has 2 aromatic rings. The fraction of sp³-hybridized carbons (Fsp3) is 0.654. The minimum atomic E-state index is -3.63. The Morgan fingerprint density at radius 3 is 2.68 bits per heavy atom. The molecule has 7 nitrogen and oxygen atoms in total. The molecule has 188 valence electrons. The number of fused-ring (bicyclic) bond motifs is 1. The first-order valence-corrected chi connectivity index (χ1v) is 14.4. The summed E-state index contributed by atoms with van der Waals surface area (Å²) in [7, 11) is -1.44. The summed E-state index contributed by atoms with van der Waals surface area (Å²) in [5.74, 6) is -0.305. The van der Waals surface area contributed by atoms with Crippen LogP contribution in [-0.2, 0) is 21.4 Å². The molecule has 1 aromatic carbocycles. The predicted octanol–water partition coefficient (Wildman–Crippen LogP) is 3.83. The zero-order chi connectivity index (χ0) is 24.1. The minimum absolute atomic E-state index is 0.0179. The van der Waals surface area contributed by atoms with Crippen LogP contribution in [0.2, 0.25) is 0 Å². The molecule has 1 aromatic heterocycles. The number of nitrogens with zero attached hydrogens (tertiary/aromatic N) is 3. The van der Waals surface area contributed by atoms with E-state index in [0.717, 1.165) is 36.8 Å². The Hall–Kier alpha value is -1.90. The van der Waals surface area contributed by atoms with Gasteiger partial charge in [-0.3, -0.25) is 4.79 Å². The van der Waals surface area contributed by atoms with Crippen molar-refractivity contribution in [3.63, 3.8) is 0 Å². The zero-order valence-corrected chi connectivity index (χ0v) is 21.5. The van der Waals surface area contributed by atoms with Crippen LogP contribution in [0.15, 0.2) is 35.4 Å². The maximum atomic E-state index is 13.3. The molecule has 1 amide bonds. The number of aryl methyl sites for hydroxylation is 1. The summed E-state index contributed by atoms with van der Waals surface area (Å²) in [6, 6.07) is 7.96. The number of rotatable bonds is 9. The van der Waals surface area contributed by atoms with Crippen molar-refractivity contribution in [1.82, 2.24) is 19.1 Å². The van der Waals surface area contributed by atoms with Gasteiger partial charge >= 0.3 is 0 Å². The van der Waals surface area contributed by atoms with Gasteiger partial charge in [0.05, 0.1) is 10.8 Å². The largest absolute Gasteiger partial charge is 0.356 e. The molecule has 0 bridgehead atoms. The Labute approximate surface area is 204 Å². The molecule has 1 N–H and O–H groups in total. The van der Waals surface area contributed by atoms with E-state index in [-0.39, 0.29) is 18.4 Å². The first-order chi connectivity index (χ1) is 16.4. The summed E-state index contributed by atoms with van der Waals surface area (Å²) in [6.45, 7) is 5.26. The highest BCUT2D eigenvalue weighted by Gasteiger charge is 2.33. The Bertz CT molecular complexity index is 1070. The van der Waals surface area contributed by atoms with Gasteiger partial charge in [0.1, 0.15) is 0 Å². The van der Waals surface area contributed by atoms with Gasteiger partial charge in [-0.15, -0.1) is 0 Å². The molecule has 1 atom stereocenters. The van der Waals surface area contributed by atoms with Crippen LogP contribution >= 0.6 is 0 Å². The van der Waals surface area contributed by atoms with Crippen LogP contribution in [-0.4, -0.2) is 67.4 Å². The molecule has 1 aliphatic heterocycles. The van der Waals surface area contributed by atoms with Crippen molar-refractivity contribution in [3.8, 4) is 0 Å². The van der Waals surface area contributed by atoms with Crippen molar-refractivity contribution in [2.45, 2.75) is 75.8 Å². The summed E-state index contributed by atoms with van der Waals surface area (Å²) < 4.78 is 30.3. The highest BCUT2D eigenvalue weighted by molar-refractivity contribution is 7.89. The van der Waals surface area contributed by atoms with Crippen molar-refractivity contribution in [2.75, 3.05) is 33.2 Å². The predicted molar refractivity (Wildman–Crippen MR) is 136 cm³/mol. The highest BCUT2D eigenvalue weighted by atomic mass is 32.2. The molecular weight excluding hydrogens is 448 g/mol. The quantitative estimate of drug-likeness (QED) is 0.545. The fourth-order valence-electron chi connectivity index (χ4n) is 5.53. The second-order valence-electron chi connectivity index (χ2n) is 9.94. The van der Waals surface area contributed by atoms with Gasteiger partial charge in [0.25, 0.3) is 0 Å². The third-order valence-electron chi connectivity index (χ3n) is 7.66. The van der Waals surface area contributed by atoms with Gasteiger partial charge in [0, 0.05) is 49.3 Å². The smallest absolute Gasteiger partial charge is 0.243 e. The maximum Gasteiger partial charge on any atom is 0.243 e. The van der Waals surface area contributed by atoms with Crippen LogP contribution < -0.4 is 5.32 Å². The van der Waals surface area contributed by atoms with Crippen LogP contribution in [0.3, 0.4) is 0 Å². The lowest BCUT2D eigenvalue weighted by atomic mass is 9.94. The van der Waals surface area contributed by atoms with E-state index in [1.807, 2.05) is 18.3 Å². The minimum Gasteiger partial charge on any atom is -0.356 e. The van der Waals surface area contributed by atoms with Crippen LogP contribution in [0.1, 0.15) is 58.3 Å². The van der Waals surface area contributed by atoms with Crippen molar-refractivity contribution in [3.05, 3.63) is 30.5 Å². The molecule has 2 heterocycles. The van der Waals surface area contributed by atoms with Gasteiger partial charge in [-0.2, -0.15) is 4.31 Å². The summed E-state index contributed by atoms with van der Waals surface area (Å²) in [5, 5.41) is 3.99. The number of aromatic nitrogens is 1. The average Bonchev–Trinajstić information content (AvgIpc) is 3.29. The molecule has 2 fully saturated rings. The molecule has 1 unspecified atom stereocenters. The molecule has 4 rings (SSSR count). The van der Waals surface area contributed by atoms with Crippen LogP contribution in [0.5, 0.6) is 0 Å². The molecule has 1 aliphatic carbocycles. The summed E-state index contributed by atoms with van der Waals surface area (Å²) in [4.78, 5) is 15.6.